The normalized spacial score (nSPS) is 10.5. The molecule has 1 heterocycles. The number of halogens is 1. The minimum atomic E-state index is -0.412. The van der Waals surface area contributed by atoms with Crippen LogP contribution in [-0.2, 0) is 6.54 Å². The molecule has 100 valence electrons. The Bertz CT molecular complexity index is 605. The number of nitrogens with one attached hydrogen (secondary N) is 1. The molecule has 1 aromatic heterocycles. The van der Waals surface area contributed by atoms with Crippen LogP contribution in [0.1, 0.15) is 22.9 Å². The number of aryl methyl sites for hydroxylation is 2. The molecule has 0 aliphatic carbocycles. The first-order chi connectivity index (χ1) is 8.97. The highest BCUT2D eigenvalue weighted by molar-refractivity contribution is 7.80. The second-order valence-corrected chi connectivity index (χ2v) is 4.60. The summed E-state index contributed by atoms with van der Waals surface area (Å²) in [6, 6.07) is 4.56. The Morgan fingerprint density at radius 3 is 2.74 bits per heavy atom. The zero-order chi connectivity index (χ0) is 14.0. The van der Waals surface area contributed by atoms with Gasteiger partial charge in [-0.05, 0) is 32.0 Å². The lowest BCUT2D eigenvalue weighted by atomic mass is 10.2. The van der Waals surface area contributed by atoms with Crippen LogP contribution in [0.15, 0.2) is 22.6 Å². The van der Waals surface area contributed by atoms with Gasteiger partial charge in [-0.1, -0.05) is 12.2 Å². The fourth-order valence-corrected chi connectivity index (χ4v) is 1.72. The van der Waals surface area contributed by atoms with Crippen molar-refractivity contribution in [2.75, 3.05) is 5.32 Å². The lowest BCUT2D eigenvalue weighted by molar-refractivity contribution is 0.478. The van der Waals surface area contributed by atoms with Crippen molar-refractivity contribution in [3.05, 3.63) is 46.9 Å². The Hall–Kier alpha value is -1.95. The predicted octanol–water partition coefficient (Wildman–Crippen LogP) is 2.68. The lowest BCUT2D eigenvalue weighted by Gasteiger charge is -2.06. The largest absolute Gasteiger partial charge is 0.444 e. The molecule has 4 nitrogen and oxygen atoms in total. The van der Waals surface area contributed by atoms with Gasteiger partial charge in [-0.15, -0.1) is 0 Å². The Morgan fingerprint density at radius 1 is 1.47 bits per heavy atom. The quantitative estimate of drug-likeness (QED) is 0.842. The molecular formula is C13H14FN3OS. The molecule has 2 aromatic rings. The molecule has 1 aromatic carbocycles. The van der Waals surface area contributed by atoms with Crippen LogP contribution in [0.25, 0.3) is 0 Å². The van der Waals surface area contributed by atoms with E-state index >= 15 is 0 Å². The van der Waals surface area contributed by atoms with E-state index in [1.807, 2.05) is 13.8 Å². The van der Waals surface area contributed by atoms with E-state index in [-0.39, 0.29) is 4.99 Å². The van der Waals surface area contributed by atoms with Gasteiger partial charge in [0.1, 0.15) is 16.6 Å². The zero-order valence-corrected chi connectivity index (χ0v) is 11.5. The van der Waals surface area contributed by atoms with Crippen LogP contribution in [-0.4, -0.2) is 9.97 Å². The van der Waals surface area contributed by atoms with Crippen molar-refractivity contribution < 1.29 is 8.81 Å². The Balaban J connectivity index is 2.09. The summed E-state index contributed by atoms with van der Waals surface area (Å²) < 4.78 is 19.2. The molecular weight excluding hydrogens is 265 g/mol. The number of hydrogen-bond acceptors (Lipinski definition) is 4. The molecule has 0 atom stereocenters. The topological polar surface area (TPSA) is 64.1 Å². The average Bonchev–Trinajstić information content (AvgIpc) is 2.67. The minimum absolute atomic E-state index is 0.171. The second kappa shape index (κ2) is 5.36. The summed E-state index contributed by atoms with van der Waals surface area (Å²) >= 11 is 4.79. The molecule has 0 unspecified atom stereocenters. The maximum absolute atomic E-state index is 13.8. The third kappa shape index (κ3) is 3.08. The summed E-state index contributed by atoms with van der Waals surface area (Å²) in [4.78, 5) is 4.38. The summed E-state index contributed by atoms with van der Waals surface area (Å²) in [5.74, 6) is 0.874. The number of rotatable bonds is 4. The van der Waals surface area contributed by atoms with Crippen molar-refractivity contribution in [1.82, 2.24) is 4.98 Å². The molecule has 0 aliphatic heterocycles. The van der Waals surface area contributed by atoms with Gasteiger partial charge >= 0.3 is 0 Å². The number of nitrogens with two attached hydrogens (primary N) is 1. The maximum Gasteiger partial charge on any atom is 0.213 e. The van der Waals surface area contributed by atoms with Gasteiger partial charge in [0.25, 0.3) is 0 Å². The highest BCUT2D eigenvalue weighted by atomic mass is 32.1. The van der Waals surface area contributed by atoms with Crippen molar-refractivity contribution in [1.29, 1.82) is 0 Å². The molecule has 0 bridgehead atoms. The van der Waals surface area contributed by atoms with Gasteiger partial charge in [-0.2, -0.15) is 0 Å². The first-order valence-corrected chi connectivity index (χ1v) is 6.14. The molecule has 0 saturated carbocycles. The number of hydrogen-bond donors (Lipinski definition) is 2. The van der Waals surface area contributed by atoms with Crippen LogP contribution in [0, 0.1) is 19.7 Å². The van der Waals surface area contributed by atoms with E-state index in [4.69, 9.17) is 22.4 Å². The number of nitrogens with zero attached hydrogens (tertiary/aromatic N) is 1. The smallest absolute Gasteiger partial charge is 0.213 e. The van der Waals surface area contributed by atoms with Gasteiger partial charge in [0.15, 0.2) is 0 Å². The summed E-state index contributed by atoms with van der Waals surface area (Å²) in [5, 5.41) is 2.92. The van der Waals surface area contributed by atoms with Gasteiger partial charge in [-0.3, -0.25) is 0 Å². The van der Waals surface area contributed by atoms with E-state index in [0.29, 0.717) is 23.7 Å². The standard InChI is InChI=1S/C13H14FN3OS/c1-7-8(2)18-12(17-7)6-16-11-4-3-9(13(15)19)5-10(11)14/h3-5,16H,6H2,1-2H3,(H2,15,19). The first kappa shape index (κ1) is 13.5. The third-order valence-corrected chi connectivity index (χ3v) is 2.99. The third-order valence-electron chi connectivity index (χ3n) is 2.76. The molecule has 0 fully saturated rings. The van der Waals surface area contributed by atoms with Crippen LogP contribution in [0.3, 0.4) is 0 Å². The van der Waals surface area contributed by atoms with E-state index in [1.165, 1.54) is 6.07 Å². The van der Waals surface area contributed by atoms with E-state index < -0.39 is 5.82 Å². The van der Waals surface area contributed by atoms with Crippen LogP contribution in [0.5, 0.6) is 0 Å². The Kier molecular flexibility index (Phi) is 3.80. The molecule has 19 heavy (non-hydrogen) atoms. The fraction of sp³-hybridized carbons (Fsp3) is 0.231. The summed E-state index contributed by atoms with van der Waals surface area (Å²) in [6.07, 6.45) is 0. The number of benzene rings is 1. The van der Waals surface area contributed by atoms with Gasteiger partial charge in [0, 0.05) is 5.56 Å². The van der Waals surface area contributed by atoms with Crippen molar-refractivity contribution in [2.24, 2.45) is 5.73 Å². The van der Waals surface area contributed by atoms with E-state index in [1.54, 1.807) is 12.1 Å². The minimum Gasteiger partial charge on any atom is -0.444 e. The molecule has 6 heteroatoms. The van der Waals surface area contributed by atoms with Gasteiger partial charge in [-0.25, -0.2) is 9.37 Å². The highest BCUT2D eigenvalue weighted by Crippen LogP contribution is 2.17. The van der Waals surface area contributed by atoms with E-state index in [0.717, 1.165) is 11.5 Å². The van der Waals surface area contributed by atoms with Crippen LogP contribution >= 0.6 is 12.2 Å². The number of anilines is 1. The number of oxazole rings is 1. The zero-order valence-electron chi connectivity index (χ0n) is 10.7. The fourth-order valence-electron chi connectivity index (χ4n) is 1.60. The molecule has 0 spiro atoms. The molecule has 0 saturated heterocycles. The van der Waals surface area contributed by atoms with Gasteiger partial charge in [0.05, 0.1) is 17.9 Å². The van der Waals surface area contributed by atoms with E-state index in [9.17, 15) is 4.39 Å². The maximum atomic E-state index is 13.8. The highest BCUT2D eigenvalue weighted by Gasteiger charge is 2.08. The predicted molar refractivity (Wildman–Crippen MR) is 75.6 cm³/mol. The van der Waals surface area contributed by atoms with Crippen molar-refractivity contribution in [3.8, 4) is 0 Å². The summed E-state index contributed by atoms with van der Waals surface area (Å²) in [6.45, 7) is 4.02. The van der Waals surface area contributed by atoms with Gasteiger partial charge < -0.3 is 15.5 Å². The number of thiocarbonyl (C=S) groups is 1. The SMILES string of the molecule is Cc1nc(CNc2ccc(C(N)=S)cc2F)oc1C. The van der Waals surface area contributed by atoms with Gasteiger partial charge in [0.2, 0.25) is 5.89 Å². The van der Waals surface area contributed by atoms with E-state index in [2.05, 4.69) is 10.3 Å². The van der Waals surface area contributed by atoms with Crippen molar-refractivity contribution in [3.63, 3.8) is 0 Å². The number of aromatic nitrogens is 1. The molecule has 0 radical (unpaired) electrons. The van der Waals surface area contributed by atoms with Crippen LogP contribution < -0.4 is 11.1 Å². The first-order valence-electron chi connectivity index (χ1n) is 5.73. The average molecular weight is 279 g/mol. The van der Waals surface area contributed by atoms with Crippen molar-refractivity contribution in [2.45, 2.75) is 20.4 Å². The molecule has 2 rings (SSSR count). The van der Waals surface area contributed by atoms with Crippen molar-refractivity contribution >= 4 is 22.9 Å². The second-order valence-electron chi connectivity index (χ2n) is 4.16. The molecule has 3 N–H and O–H groups in total. The van der Waals surface area contributed by atoms with Crippen LogP contribution in [0.2, 0.25) is 0 Å². The van der Waals surface area contributed by atoms with Crippen LogP contribution in [0.4, 0.5) is 10.1 Å². The Morgan fingerprint density at radius 2 is 2.21 bits per heavy atom. The Labute approximate surface area is 115 Å². The molecule has 0 amide bonds. The molecule has 0 aliphatic rings. The summed E-state index contributed by atoms with van der Waals surface area (Å²) in [7, 11) is 0. The monoisotopic (exact) mass is 279 g/mol. The summed E-state index contributed by atoms with van der Waals surface area (Å²) in [5.41, 5.74) is 7.13. The lowest BCUT2D eigenvalue weighted by Crippen LogP contribution is -2.10.